The average molecular weight is 270 g/mol. The maximum atomic E-state index is 13.3. The molecule has 19 heavy (non-hydrogen) atoms. The van der Waals surface area contributed by atoms with E-state index in [0.717, 1.165) is 18.2 Å². The maximum Gasteiger partial charge on any atom is 0.238 e. The fourth-order valence-electron chi connectivity index (χ4n) is 2.16. The van der Waals surface area contributed by atoms with E-state index < -0.39 is 23.1 Å². The van der Waals surface area contributed by atoms with Crippen molar-refractivity contribution in [2.75, 3.05) is 25.0 Å². The van der Waals surface area contributed by atoms with Gasteiger partial charge in [-0.3, -0.25) is 9.69 Å². The predicted molar refractivity (Wildman–Crippen MR) is 66.7 cm³/mol. The molecule has 1 aromatic carbocycles. The minimum absolute atomic E-state index is 0.0477. The van der Waals surface area contributed by atoms with Gasteiger partial charge in [0.1, 0.15) is 11.6 Å². The smallest absolute Gasteiger partial charge is 0.238 e. The number of carbonyl (C=O) groups is 1. The number of nitrogens with zero attached hydrogens (tertiary/aromatic N) is 1. The van der Waals surface area contributed by atoms with Crippen LogP contribution in [0.1, 0.15) is 13.3 Å². The Labute approximate surface area is 110 Å². The molecule has 2 rings (SSSR count). The van der Waals surface area contributed by atoms with E-state index in [9.17, 15) is 18.7 Å². The predicted octanol–water partition coefficient (Wildman–Crippen LogP) is 1.36. The molecule has 1 aliphatic heterocycles. The number of likely N-dealkylation sites (tertiary alicyclic amines) is 1. The Bertz CT molecular complexity index is 492. The summed E-state index contributed by atoms with van der Waals surface area (Å²) in [6.45, 7) is 2.75. The van der Waals surface area contributed by atoms with Gasteiger partial charge in [0.2, 0.25) is 5.91 Å². The zero-order chi connectivity index (χ0) is 14.0. The van der Waals surface area contributed by atoms with Crippen LogP contribution in [0.4, 0.5) is 14.5 Å². The van der Waals surface area contributed by atoms with Crippen molar-refractivity contribution in [1.82, 2.24) is 4.90 Å². The highest BCUT2D eigenvalue weighted by Crippen LogP contribution is 2.20. The third-order valence-corrected chi connectivity index (χ3v) is 3.10. The zero-order valence-corrected chi connectivity index (χ0v) is 10.6. The van der Waals surface area contributed by atoms with E-state index in [-0.39, 0.29) is 12.2 Å². The molecule has 6 heteroatoms. The highest BCUT2D eigenvalue weighted by molar-refractivity contribution is 5.92. The first-order valence-electron chi connectivity index (χ1n) is 6.05. The Morgan fingerprint density at radius 1 is 1.53 bits per heavy atom. The van der Waals surface area contributed by atoms with Gasteiger partial charge >= 0.3 is 0 Å². The van der Waals surface area contributed by atoms with Crippen LogP contribution in [-0.4, -0.2) is 41.1 Å². The van der Waals surface area contributed by atoms with Crippen molar-refractivity contribution in [3.05, 3.63) is 29.8 Å². The summed E-state index contributed by atoms with van der Waals surface area (Å²) in [6.07, 6.45) is 0.592. The van der Waals surface area contributed by atoms with Gasteiger partial charge in [0, 0.05) is 19.2 Å². The van der Waals surface area contributed by atoms with Crippen LogP contribution in [0.2, 0.25) is 0 Å². The molecule has 1 amide bonds. The van der Waals surface area contributed by atoms with Crippen LogP contribution in [0.3, 0.4) is 0 Å². The normalized spacial score (nSPS) is 23.6. The van der Waals surface area contributed by atoms with Crippen molar-refractivity contribution in [1.29, 1.82) is 0 Å². The molecular weight excluding hydrogens is 254 g/mol. The van der Waals surface area contributed by atoms with Crippen LogP contribution in [0.25, 0.3) is 0 Å². The van der Waals surface area contributed by atoms with Gasteiger partial charge < -0.3 is 10.4 Å². The summed E-state index contributed by atoms with van der Waals surface area (Å²) < 4.78 is 26.3. The molecule has 0 radical (unpaired) electrons. The number of aliphatic hydroxyl groups is 1. The molecule has 1 unspecified atom stereocenters. The Kier molecular flexibility index (Phi) is 3.82. The molecule has 0 aromatic heterocycles. The minimum atomic E-state index is -0.787. The highest BCUT2D eigenvalue weighted by atomic mass is 19.1. The second kappa shape index (κ2) is 5.22. The second-order valence-corrected chi connectivity index (χ2v) is 5.13. The lowest BCUT2D eigenvalue weighted by molar-refractivity contribution is -0.117. The number of benzene rings is 1. The van der Waals surface area contributed by atoms with Gasteiger partial charge in [-0.15, -0.1) is 0 Å². The van der Waals surface area contributed by atoms with Gasteiger partial charge in [0.15, 0.2) is 0 Å². The summed E-state index contributed by atoms with van der Waals surface area (Å²) in [4.78, 5) is 13.5. The summed E-state index contributed by atoms with van der Waals surface area (Å²) in [5, 5.41) is 12.1. The molecule has 0 saturated carbocycles. The van der Waals surface area contributed by atoms with Crippen LogP contribution >= 0.6 is 0 Å². The summed E-state index contributed by atoms with van der Waals surface area (Å²) in [7, 11) is 0. The van der Waals surface area contributed by atoms with Gasteiger partial charge in [-0.25, -0.2) is 8.78 Å². The molecule has 1 atom stereocenters. The van der Waals surface area contributed by atoms with E-state index in [2.05, 4.69) is 5.32 Å². The van der Waals surface area contributed by atoms with Gasteiger partial charge in [-0.1, -0.05) is 0 Å². The lowest BCUT2D eigenvalue weighted by Gasteiger charge is -2.18. The van der Waals surface area contributed by atoms with Crippen LogP contribution in [0.5, 0.6) is 0 Å². The number of anilines is 1. The highest BCUT2D eigenvalue weighted by Gasteiger charge is 2.32. The molecule has 0 aliphatic carbocycles. The molecule has 1 aliphatic rings. The monoisotopic (exact) mass is 270 g/mol. The van der Waals surface area contributed by atoms with Crippen molar-refractivity contribution in [3.8, 4) is 0 Å². The third kappa shape index (κ3) is 3.71. The number of amides is 1. The molecule has 4 nitrogen and oxygen atoms in total. The van der Waals surface area contributed by atoms with Crippen LogP contribution in [-0.2, 0) is 4.79 Å². The Hall–Kier alpha value is -1.53. The number of hydrogen-bond donors (Lipinski definition) is 2. The summed E-state index contributed by atoms with van der Waals surface area (Å²) in [5.41, 5.74) is -0.958. The van der Waals surface area contributed by atoms with E-state index in [1.807, 2.05) is 0 Å². The molecule has 104 valence electrons. The van der Waals surface area contributed by atoms with E-state index in [4.69, 9.17) is 0 Å². The lowest BCUT2D eigenvalue weighted by Crippen LogP contribution is -2.35. The zero-order valence-electron chi connectivity index (χ0n) is 10.6. The van der Waals surface area contributed by atoms with Gasteiger partial charge in [0.25, 0.3) is 0 Å². The standard InChI is InChI=1S/C13H16F2N2O2/c1-13(19)4-5-17(8-13)7-12(18)16-11-6-9(14)2-3-10(11)15/h2-3,6,19H,4-5,7-8H2,1H3,(H,16,18). The molecule has 1 aromatic rings. The Morgan fingerprint density at radius 3 is 2.89 bits per heavy atom. The summed E-state index contributed by atoms with van der Waals surface area (Å²) in [6, 6.07) is 2.89. The summed E-state index contributed by atoms with van der Waals surface area (Å²) >= 11 is 0. The molecule has 0 bridgehead atoms. The van der Waals surface area contributed by atoms with Crippen LogP contribution in [0, 0.1) is 11.6 Å². The number of β-amino-alcohol motifs (C(OH)–C–C–N with tert-alkyl or cyclic N) is 1. The van der Waals surface area contributed by atoms with Crippen molar-refractivity contribution < 1.29 is 18.7 Å². The van der Waals surface area contributed by atoms with E-state index in [0.29, 0.717) is 19.5 Å². The molecule has 1 fully saturated rings. The number of nitrogens with one attached hydrogen (secondary N) is 1. The maximum absolute atomic E-state index is 13.3. The Balaban J connectivity index is 1.93. The SMILES string of the molecule is CC1(O)CCN(CC(=O)Nc2cc(F)ccc2F)C1. The number of rotatable bonds is 3. The largest absolute Gasteiger partial charge is 0.389 e. The fourth-order valence-corrected chi connectivity index (χ4v) is 2.16. The van der Waals surface area contributed by atoms with Crippen molar-refractivity contribution in [2.45, 2.75) is 18.9 Å². The summed E-state index contributed by atoms with van der Waals surface area (Å²) in [5.74, 6) is -1.72. The second-order valence-electron chi connectivity index (χ2n) is 5.13. The van der Waals surface area contributed by atoms with Crippen molar-refractivity contribution in [3.63, 3.8) is 0 Å². The van der Waals surface area contributed by atoms with Gasteiger partial charge in [-0.05, 0) is 25.5 Å². The van der Waals surface area contributed by atoms with Gasteiger partial charge in [0.05, 0.1) is 17.8 Å². The van der Waals surface area contributed by atoms with Crippen LogP contribution in [0.15, 0.2) is 18.2 Å². The molecular formula is C13H16F2N2O2. The van der Waals surface area contributed by atoms with Gasteiger partial charge in [-0.2, -0.15) is 0 Å². The van der Waals surface area contributed by atoms with Crippen LogP contribution < -0.4 is 5.32 Å². The first-order chi connectivity index (χ1) is 8.85. The number of halogens is 2. The van der Waals surface area contributed by atoms with Crippen molar-refractivity contribution in [2.24, 2.45) is 0 Å². The number of carbonyl (C=O) groups excluding carboxylic acids is 1. The van der Waals surface area contributed by atoms with E-state index in [1.165, 1.54) is 0 Å². The lowest BCUT2D eigenvalue weighted by atomic mass is 10.1. The molecule has 1 heterocycles. The fraction of sp³-hybridized carbons (Fsp3) is 0.462. The Morgan fingerprint density at radius 2 is 2.26 bits per heavy atom. The first kappa shape index (κ1) is 13.9. The quantitative estimate of drug-likeness (QED) is 0.872. The molecule has 1 saturated heterocycles. The van der Waals surface area contributed by atoms with E-state index in [1.54, 1.807) is 11.8 Å². The van der Waals surface area contributed by atoms with E-state index >= 15 is 0 Å². The third-order valence-electron chi connectivity index (χ3n) is 3.10. The average Bonchev–Trinajstić information content (AvgIpc) is 2.63. The van der Waals surface area contributed by atoms with Crippen molar-refractivity contribution >= 4 is 11.6 Å². The number of hydrogen-bond acceptors (Lipinski definition) is 3. The molecule has 2 N–H and O–H groups in total. The topological polar surface area (TPSA) is 52.6 Å². The first-order valence-corrected chi connectivity index (χ1v) is 6.05. The minimum Gasteiger partial charge on any atom is -0.389 e. The molecule has 0 spiro atoms.